The van der Waals surface area contributed by atoms with Crippen LogP contribution >= 0.6 is 23.8 Å². The molecule has 0 aliphatic rings. The molecule has 1 heterocycles. The van der Waals surface area contributed by atoms with Crippen molar-refractivity contribution >= 4 is 39.8 Å². The number of ether oxygens (including phenoxy) is 1. The molecule has 1 unspecified atom stereocenters. The highest BCUT2D eigenvalue weighted by Crippen LogP contribution is 2.33. The second-order valence-corrected chi connectivity index (χ2v) is 7.16. The van der Waals surface area contributed by atoms with Gasteiger partial charge in [-0.1, -0.05) is 48.0 Å². The van der Waals surface area contributed by atoms with Crippen LogP contribution in [0.3, 0.4) is 0 Å². The molecule has 0 aliphatic heterocycles. The highest BCUT2D eigenvalue weighted by molar-refractivity contribution is 7.80. The number of benzene rings is 2. The van der Waals surface area contributed by atoms with Crippen molar-refractivity contribution in [3.63, 3.8) is 0 Å². The van der Waals surface area contributed by atoms with Crippen LogP contribution in [-0.4, -0.2) is 36.9 Å². The Bertz CT molecular complexity index is 896. The third-order valence-corrected chi connectivity index (χ3v) is 5.19. The van der Waals surface area contributed by atoms with E-state index in [0.29, 0.717) is 18.3 Å². The van der Waals surface area contributed by atoms with Gasteiger partial charge in [0.2, 0.25) is 0 Å². The number of para-hydroxylation sites is 1. The second kappa shape index (κ2) is 9.74. The quantitative estimate of drug-likeness (QED) is 0.385. The molecule has 142 valence electrons. The van der Waals surface area contributed by atoms with E-state index in [1.807, 2.05) is 24.3 Å². The third-order valence-electron chi connectivity index (χ3n) is 4.55. The van der Waals surface area contributed by atoms with Crippen LogP contribution in [0.15, 0.2) is 54.7 Å². The molecule has 0 saturated heterocycles. The summed E-state index contributed by atoms with van der Waals surface area (Å²) in [5.41, 5.74) is 3.40. The molecule has 3 rings (SSSR count). The number of fused-ring (bicyclic) bond motifs is 1. The second-order valence-electron chi connectivity index (χ2n) is 6.35. The van der Waals surface area contributed by atoms with Crippen molar-refractivity contribution in [2.24, 2.45) is 0 Å². The molecule has 1 atom stereocenters. The average Bonchev–Trinajstić information content (AvgIpc) is 3.11. The van der Waals surface area contributed by atoms with Gasteiger partial charge in [0.15, 0.2) is 5.11 Å². The van der Waals surface area contributed by atoms with E-state index in [2.05, 4.69) is 46.1 Å². The topological polar surface area (TPSA) is 49.1 Å². The van der Waals surface area contributed by atoms with Crippen molar-refractivity contribution < 1.29 is 4.74 Å². The molecule has 27 heavy (non-hydrogen) atoms. The number of nitrogens with one attached hydrogen (secondary N) is 3. The first-order chi connectivity index (χ1) is 13.2. The molecule has 0 saturated carbocycles. The summed E-state index contributed by atoms with van der Waals surface area (Å²) in [4.78, 5) is 3.36. The van der Waals surface area contributed by atoms with Crippen molar-refractivity contribution in [3.8, 4) is 0 Å². The molecule has 0 spiro atoms. The van der Waals surface area contributed by atoms with Crippen LogP contribution in [0.1, 0.15) is 23.5 Å². The smallest absolute Gasteiger partial charge is 0.166 e. The number of halogens is 1. The fourth-order valence-corrected chi connectivity index (χ4v) is 3.66. The van der Waals surface area contributed by atoms with Gasteiger partial charge in [0, 0.05) is 54.8 Å². The van der Waals surface area contributed by atoms with Crippen LogP contribution < -0.4 is 10.6 Å². The fourth-order valence-electron chi connectivity index (χ4n) is 3.20. The molecule has 0 fully saturated rings. The Morgan fingerprint density at radius 2 is 1.89 bits per heavy atom. The van der Waals surface area contributed by atoms with Gasteiger partial charge in [-0.15, -0.1) is 0 Å². The number of aromatic amines is 1. The molecular formula is C21H24ClN3OS. The van der Waals surface area contributed by atoms with Crippen LogP contribution in [-0.2, 0) is 4.74 Å². The summed E-state index contributed by atoms with van der Waals surface area (Å²) in [7, 11) is 1.70. The molecule has 3 aromatic rings. The summed E-state index contributed by atoms with van der Waals surface area (Å²) in [5, 5.41) is 9.16. The van der Waals surface area contributed by atoms with Gasteiger partial charge in [-0.05, 0) is 41.9 Å². The van der Waals surface area contributed by atoms with Crippen molar-refractivity contribution in [2.75, 3.05) is 26.8 Å². The maximum absolute atomic E-state index is 6.52. The Kier molecular flexibility index (Phi) is 7.10. The van der Waals surface area contributed by atoms with Gasteiger partial charge in [0.1, 0.15) is 0 Å². The number of H-pyrrole nitrogens is 1. The first kappa shape index (κ1) is 19.7. The van der Waals surface area contributed by atoms with Crippen molar-refractivity contribution in [2.45, 2.75) is 12.3 Å². The van der Waals surface area contributed by atoms with Gasteiger partial charge in [0.25, 0.3) is 0 Å². The zero-order chi connectivity index (χ0) is 19.1. The zero-order valence-electron chi connectivity index (χ0n) is 15.3. The van der Waals surface area contributed by atoms with E-state index < -0.39 is 0 Å². The van der Waals surface area contributed by atoms with E-state index >= 15 is 0 Å². The minimum absolute atomic E-state index is 0.0774. The molecular weight excluding hydrogens is 378 g/mol. The standard InChI is InChI=1S/C21H24ClN3OS/c1-26-12-6-11-23-21(27)25-14-17(15-7-2-4-9-19(15)22)18-13-24-20-10-5-3-8-16(18)20/h2-5,7-10,13,17,24H,6,11-12,14H2,1H3,(H2,23,25,27). The van der Waals surface area contributed by atoms with Crippen LogP contribution in [0.5, 0.6) is 0 Å². The van der Waals surface area contributed by atoms with E-state index in [1.54, 1.807) is 7.11 Å². The van der Waals surface area contributed by atoms with E-state index in [4.69, 9.17) is 28.6 Å². The number of methoxy groups -OCH3 is 1. The lowest BCUT2D eigenvalue weighted by molar-refractivity contribution is 0.195. The van der Waals surface area contributed by atoms with E-state index in [1.165, 1.54) is 10.9 Å². The lowest BCUT2D eigenvalue weighted by Crippen LogP contribution is -2.38. The number of hydrogen-bond donors (Lipinski definition) is 3. The van der Waals surface area contributed by atoms with Gasteiger partial charge in [-0.2, -0.15) is 0 Å². The normalized spacial score (nSPS) is 12.1. The lowest BCUT2D eigenvalue weighted by atomic mass is 9.91. The molecule has 2 aromatic carbocycles. The van der Waals surface area contributed by atoms with Crippen LogP contribution in [0.2, 0.25) is 5.02 Å². The first-order valence-electron chi connectivity index (χ1n) is 9.01. The minimum atomic E-state index is 0.0774. The average molecular weight is 402 g/mol. The van der Waals surface area contributed by atoms with Crippen LogP contribution in [0.25, 0.3) is 10.9 Å². The zero-order valence-corrected chi connectivity index (χ0v) is 16.9. The Hall–Kier alpha value is -2.08. The van der Waals surface area contributed by atoms with Gasteiger partial charge in [-0.3, -0.25) is 0 Å². The van der Waals surface area contributed by atoms with E-state index in [-0.39, 0.29) is 5.92 Å². The van der Waals surface area contributed by atoms with Gasteiger partial charge in [0.05, 0.1) is 0 Å². The fraction of sp³-hybridized carbons (Fsp3) is 0.286. The van der Waals surface area contributed by atoms with Gasteiger partial charge in [-0.25, -0.2) is 0 Å². The van der Waals surface area contributed by atoms with Gasteiger partial charge >= 0.3 is 0 Å². The van der Waals surface area contributed by atoms with E-state index in [0.717, 1.165) is 29.1 Å². The maximum Gasteiger partial charge on any atom is 0.166 e. The summed E-state index contributed by atoms with van der Waals surface area (Å²) in [6, 6.07) is 16.3. The third kappa shape index (κ3) is 5.01. The Morgan fingerprint density at radius 1 is 1.11 bits per heavy atom. The molecule has 3 N–H and O–H groups in total. The minimum Gasteiger partial charge on any atom is -0.385 e. The predicted octanol–water partition coefficient (Wildman–Crippen LogP) is 4.45. The summed E-state index contributed by atoms with van der Waals surface area (Å²) in [5.74, 6) is 0.0774. The summed E-state index contributed by atoms with van der Waals surface area (Å²) in [6.07, 6.45) is 2.98. The predicted molar refractivity (Wildman–Crippen MR) is 117 cm³/mol. The van der Waals surface area contributed by atoms with Crippen molar-refractivity contribution in [1.29, 1.82) is 0 Å². The molecule has 6 heteroatoms. The maximum atomic E-state index is 6.52. The number of aromatic nitrogens is 1. The number of hydrogen-bond acceptors (Lipinski definition) is 2. The summed E-state index contributed by atoms with van der Waals surface area (Å²) >= 11 is 11.9. The largest absolute Gasteiger partial charge is 0.385 e. The molecule has 4 nitrogen and oxygen atoms in total. The lowest BCUT2D eigenvalue weighted by Gasteiger charge is -2.20. The Labute approximate surface area is 170 Å². The summed E-state index contributed by atoms with van der Waals surface area (Å²) < 4.78 is 5.06. The van der Waals surface area contributed by atoms with Gasteiger partial charge < -0.3 is 20.4 Å². The number of rotatable bonds is 8. The monoisotopic (exact) mass is 401 g/mol. The van der Waals surface area contributed by atoms with Crippen molar-refractivity contribution in [1.82, 2.24) is 15.6 Å². The highest BCUT2D eigenvalue weighted by atomic mass is 35.5. The molecule has 0 aliphatic carbocycles. The highest BCUT2D eigenvalue weighted by Gasteiger charge is 2.20. The first-order valence-corrected chi connectivity index (χ1v) is 9.80. The number of thiocarbonyl (C=S) groups is 1. The van der Waals surface area contributed by atoms with Crippen molar-refractivity contribution in [3.05, 3.63) is 70.9 Å². The van der Waals surface area contributed by atoms with E-state index in [9.17, 15) is 0 Å². The molecule has 1 aromatic heterocycles. The molecule has 0 radical (unpaired) electrons. The molecule has 0 amide bonds. The SMILES string of the molecule is COCCCNC(=S)NCC(c1ccccc1Cl)c1c[nH]c2ccccc12. The Morgan fingerprint density at radius 3 is 2.70 bits per heavy atom. The summed E-state index contributed by atoms with van der Waals surface area (Å²) in [6.45, 7) is 2.15. The molecule has 0 bridgehead atoms. The Balaban J connectivity index is 1.79. The van der Waals surface area contributed by atoms with Crippen LogP contribution in [0, 0.1) is 0 Å². The van der Waals surface area contributed by atoms with Crippen LogP contribution in [0.4, 0.5) is 0 Å².